The number of nitrogens with zero attached hydrogens (tertiary/aromatic N) is 6. The lowest BCUT2D eigenvalue weighted by Crippen LogP contribution is -2.00. The van der Waals surface area contributed by atoms with Gasteiger partial charge in [-0.2, -0.15) is 0 Å². The minimum absolute atomic E-state index is 0.624. The van der Waals surface area contributed by atoms with Gasteiger partial charge in [-0.15, -0.1) is 0 Å². The van der Waals surface area contributed by atoms with E-state index in [0.717, 1.165) is 55.5 Å². The molecule has 0 N–H and O–H groups in total. The third-order valence-corrected chi connectivity index (χ3v) is 7.82. The molecule has 0 fully saturated rings. The largest absolute Gasteiger partial charge is 0.298 e. The number of benzene rings is 4. The van der Waals surface area contributed by atoms with Gasteiger partial charge in [-0.25, -0.2) is 24.9 Å². The molecule has 0 radical (unpaired) electrons. The zero-order valence-corrected chi connectivity index (χ0v) is 23.7. The summed E-state index contributed by atoms with van der Waals surface area (Å²) >= 11 is 0. The standard InChI is InChI=1S/C37H26N6/c1-23-10-14-26(15-11-23)35-40-36(27-16-12-24(2)13-17-27)42-37(41-35)28-20-18-25(19-21-28)32-34-33(29-7-3-4-8-30(29)38-32)39-31-9-5-6-22-43(31)34/h3-22H,1-2H3. The Morgan fingerprint density at radius 3 is 1.58 bits per heavy atom. The molecule has 0 atom stereocenters. The fourth-order valence-electron chi connectivity index (χ4n) is 5.50. The van der Waals surface area contributed by atoms with Crippen LogP contribution in [0.2, 0.25) is 0 Å². The van der Waals surface area contributed by atoms with Crippen LogP contribution in [0.15, 0.2) is 121 Å². The van der Waals surface area contributed by atoms with Gasteiger partial charge >= 0.3 is 0 Å². The molecule has 4 aromatic carbocycles. The Labute approximate surface area is 248 Å². The topological polar surface area (TPSA) is 68.9 Å². The molecule has 0 aliphatic rings. The summed E-state index contributed by atoms with van der Waals surface area (Å²) in [5.41, 5.74) is 10.8. The number of hydrogen-bond donors (Lipinski definition) is 0. The molecule has 0 unspecified atom stereocenters. The van der Waals surface area contributed by atoms with E-state index in [2.05, 4.69) is 97.1 Å². The van der Waals surface area contributed by atoms with E-state index in [1.54, 1.807) is 0 Å². The molecular weight excluding hydrogens is 528 g/mol. The van der Waals surface area contributed by atoms with Crippen molar-refractivity contribution in [1.82, 2.24) is 29.3 Å². The molecule has 6 nitrogen and oxygen atoms in total. The summed E-state index contributed by atoms with van der Waals surface area (Å²) in [5, 5.41) is 1.04. The van der Waals surface area contributed by atoms with Crippen molar-refractivity contribution in [2.24, 2.45) is 0 Å². The van der Waals surface area contributed by atoms with Crippen LogP contribution < -0.4 is 0 Å². The highest BCUT2D eigenvalue weighted by molar-refractivity contribution is 6.09. The second kappa shape index (κ2) is 9.96. The first-order valence-electron chi connectivity index (χ1n) is 14.3. The van der Waals surface area contributed by atoms with Crippen LogP contribution in [-0.2, 0) is 0 Å². The number of rotatable bonds is 4. The van der Waals surface area contributed by atoms with E-state index in [9.17, 15) is 0 Å². The van der Waals surface area contributed by atoms with Gasteiger partial charge in [-0.05, 0) is 32.0 Å². The Bertz CT molecular complexity index is 2220. The van der Waals surface area contributed by atoms with Crippen LogP contribution in [0.1, 0.15) is 11.1 Å². The number of fused-ring (bicyclic) bond motifs is 5. The molecule has 0 spiro atoms. The summed E-state index contributed by atoms with van der Waals surface area (Å²) in [6.45, 7) is 4.15. The normalized spacial score (nSPS) is 11.5. The van der Waals surface area contributed by atoms with Crippen molar-refractivity contribution in [2.75, 3.05) is 0 Å². The van der Waals surface area contributed by atoms with Gasteiger partial charge in [0.25, 0.3) is 0 Å². The number of hydrogen-bond acceptors (Lipinski definition) is 5. The Hall–Kier alpha value is -5.75. The third-order valence-electron chi connectivity index (χ3n) is 7.82. The smallest absolute Gasteiger partial charge is 0.164 e. The predicted octanol–water partition coefficient (Wildman–Crippen LogP) is 8.51. The fraction of sp³-hybridized carbons (Fsp3) is 0.0541. The third kappa shape index (κ3) is 4.41. The van der Waals surface area contributed by atoms with E-state index < -0.39 is 0 Å². The first kappa shape index (κ1) is 25.0. The molecule has 0 bridgehead atoms. The SMILES string of the molecule is Cc1ccc(-c2nc(-c3ccc(C)cc3)nc(-c3ccc(-c4nc5ccccc5c5nc6ccccn6c45)cc3)n2)cc1. The molecule has 0 saturated carbocycles. The predicted molar refractivity (Wildman–Crippen MR) is 173 cm³/mol. The molecule has 43 heavy (non-hydrogen) atoms. The van der Waals surface area contributed by atoms with Crippen molar-refractivity contribution in [3.05, 3.63) is 133 Å². The molecule has 4 heterocycles. The second-order valence-corrected chi connectivity index (χ2v) is 10.8. The number of aryl methyl sites for hydroxylation is 2. The Kier molecular flexibility index (Phi) is 5.79. The van der Waals surface area contributed by atoms with Crippen LogP contribution >= 0.6 is 0 Å². The number of imidazole rings is 1. The summed E-state index contributed by atoms with van der Waals surface area (Å²) in [6.07, 6.45) is 2.04. The van der Waals surface area contributed by atoms with Gasteiger partial charge in [0.05, 0.1) is 16.7 Å². The average molecular weight is 555 g/mol. The molecule has 0 saturated heterocycles. The molecular formula is C37H26N6. The Balaban J connectivity index is 1.28. The van der Waals surface area contributed by atoms with E-state index in [4.69, 9.17) is 24.9 Å². The van der Waals surface area contributed by atoms with Crippen LogP contribution in [0.3, 0.4) is 0 Å². The van der Waals surface area contributed by atoms with Crippen LogP contribution in [0, 0.1) is 13.8 Å². The van der Waals surface area contributed by atoms with Crippen LogP contribution in [0.25, 0.3) is 73.0 Å². The number of aromatic nitrogens is 6. The van der Waals surface area contributed by atoms with Crippen molar-refractivity contribution in [1.29, 1.82) is 0 Å². The average Bonchev–Trinajstić information content (AvgIpc) is 3.45. The molecule has 0 aliphatic heterocycles. The highest BCUT2D eigenvalue weighted by Crippen LogP contribution is 2.34. The summed E-state index contributed by atoms with van der Waals surface area (Å²) in [6, 6.07) is 39.1. The van der Waals surface area contributed by atoms with Crippen LogP contribution in [0.4, 0.5) is 0 Å². The van der Waals surface area contributed by atoms with Gasteiger partial charge in [-0.3, -0.25) is 4.40 Å². The van der Waals surface area contributed by atoms with Crippen molar-refractivity contribution >= 4 is 27.6 Å². The zero-order valence-electron chi connectivity index (χ0n) is 23.7. The monoisotopic (exact) mass is 554 g/mol. The van der Waals surface area contributed by atoms with Crippen molar-refractivity contribution in [3.8, 4) is 45.4 Å². The van der Waals surface area contributed by atoms with E-state index in [1.165, 1.54) is 11.1 Å². The Morgan fingerprint density at radius 2 is 0.977 bits per heavy atom. The van der Waals surface area contributed by atoms with Crippen molar-refractivity contribution in [2.45, 2.75) is 13.8 Å². The maximum atomic E-state index is 5.12. The Morgan fingerprint density at radius 1 is 0.465 bits per heavy atom. The summed E-state index contributed by atoms with van der Waals surface area (Å²) in [4.78, 5) is 24.8. The molecule has 4 aromatic heterocycles. The van der Waals surface area contributed by atoms with Gasteiger partial charge in [0.1, 0.15) is 11.2 Å². The molecule has 0 amide bonds. The van der Waals surface area contributed by atoms with Gasteiger partial charge in [0.15, 0.2) is 17.5 Å². The van der Waals surface area contributed by atoms with E-state index >= 15 is 0 Å². The first-order valence-corrected chi connectivity index (χ1v) is 14.3. The first-order chi connectivity index (χ1) is 21.1. The zero-order chi connectivity index (χ0) is 28.9. The summed E-state index contributed by atoms with van der Waals surface area (Å²) < 4.78 is 2.12. The maximum absolute atomic E-state index is 5.12. The second-order valence-electron chi connectivity index (χ2n) is 10.8. The maximum Gasteiger partial charge on any atom is 0.164 e. The quantitative estimate of drug-likeness (QED) is 0.218. The number of para-hydroxylation sites is 1. The van der Waals surface area contributed by atoms with Crippen LogP contribution in [-0.4, -0.2) is 29.3 Å². The van der Waals surface area contributed by atoms with Gasteiger partial charge in [0.2, 0.25) is 0 Å². The van der Waals surface area contributed by atoms with Gasteiger partial charge in [0, 0.05) is 33.8 Å². The van der Waals surface area contributed by atoms with Crippen LogP contribution in [0.5, 0.6) is 0 Å². The lowest BCUT2D eigenvalue weighted by atomic mass is 10.0. The molecule has 8 aromatic rings. The van der Waals surface area contributed by atoms with E-state index in [1.807, 2.05) is 42.6 Å². The molecule has 204 valence electrons. The fourth-order valence-corrected chi connectivity index (χ4v) is 5.50. The highest BCUT2D eigenvalue weighted by atomic mass is 15.0. The minimum Gasteiger partial charge on any atom is -0.298 e. The molecule has 6 heteroatoms. The lowest BCUT2D eigenvalue weighted by molar-refractivity contribution is 1.07. The number of pyridine rings is 2. The van der Waals surface area contributed by atoms with E-state index in [-0.39, 0.29) is 0 Å². The highest BCUT2D eigenvalue weighted by Gasteiger charge is 2.17. The summed E-state index contributed by atoms with van der Waals surface area (Å²) in [7, 11) is 0. The van der Waals surface area contributed by atoms with Gasteiger partial charge < -0.3 is 0 Å². The minimum atomic E-state index is 0.624. The van der Waals surface area contributed by atoms with Crippen molar-refractivity contribution < 1.29 is 0 Å². The van der Waals surface area contributed by atoms with Gasteiger partial charge in [-0.1, -0.05) is 108 Å². The van der Waals surface area contributed by atoms with Crippen molar-refractivity contribution in [3.63, 3.8) is 0 Å². The molecule has 8 rings (SSSR count). The summed E-state index contributed by atoms with van der Waals surface area (Å²) in [5.74, 6) is 1.92. The van der Waals surface area contributed by atoms with E-state index in [0.29, 0.717) is 17.5 Å². The molecule has 0 aliphatic carbocycles. The lowest BCUT2D eigenvalue weighted by Gasteiger charge is -2.10.